The van der Waals surface area contributed by atoms with Gasteiger partial charge in [-0.1, -0.05) is 0 Å². The number of hydrogen-bond donors (Lipinski definition) is 1. The molecule has 0 radical (unpaired) electrons. The minimum absolute atomic E-state index is 0.284. The fourth-order valence-corrected chi connectivity index (χ4v) is 5.28. The van der Waals surface area contributed by atoms with Gasteiger partial charge < -0.3 is 19.4 Å². The van der Waals surface area contributed by atoms with Gasteiger partial charge in [0.1, 0.15) is 23.1 Å². The van der Waals surface area contributed by atoms with Crippen molar-refractivity contribution < 1.29 is 22.3 Å². The van der Waals surface area contributed by atoms with Crippen molar-refractivity contribution in [3.63, 3.8) is 0 Å². The van der Waals surface area contributed by atoms with E-state index in [1.54, 1.807) is 4.52 Å². The fourth-order valence-electron chi connectivity index (χ4n) is 4.43. The highest BCUT2D eigenvalue weighted by atomic mass is 32.2. The van der Waals surface area contributed by atoms with E-state index in [4.69, 9.17) is 4.42 Å². The third-order valence-corrected chi connectivity index (χ3v) is 7.54. The summed E-state index contributed by atoms with van der Waals surface area (Å²) in [6, 6.07) is 11.5. The number of anilines is 2. The van der Waals surface area contributed by atoms with Gasteiger partial charge in [-0.3, -0.25) is 4.90 Å². The molecule has 0 atom stereocenters. The third-order valence-electron chi connectivity index (χ3n) is 6.47. The Bertz CT molecular complexity index is 1400. The van der Waals surface area contributed by atoms with Crippen molar-refractivity contribution in [3.05, 3.63) is 65.5 Å². The summed E-state index contributed by atoms with van der Waals surface area (Å²) in [5, 5.41) is 7.79. The molecular formula is C27H32F3N7O2S. The van der Waals surface area contributed by atoms with Crippen LogP contribution in [0.25, 0.3) is 5.78 Å². The molecule has 13 heteroatoms. The van der Waals surface area contributed by atoms with E-state index < -0.39 is 6.36 Å². The lowest BCUT2D eigenvalue weighted by molar-refractivity contribution is -0.274. The lowest BCUT2D eigenvalue weighted by atomic mass is 10.3. The summed E-state index contributed by atoms with van der Waals surface area (Å²) >= 11 is 1.82. The normalized spacial score (nSPS) is 15.1. The molecule has 1 aliphatic heterocycles. The number of ether oxygens (including phenoxy) is 1. The second-order valence-corrected chi connectivity index (χ2v) is 10.9. The number of alkyl halides is 3. The van der Waals surface area contributed by atoms with Crippen LogP contribution in [-0.2, 0) is 18.7 Å². The molecule has 1 fully saturated rings. The zero-order valence-corrected chi connectivity index (χ0v) is 23.3. The monoisotopic (exact) mass is 575 g/mol. The van der Waals surface area contributed by atoms with Gasteiger partial charge in [-0.25, -0.2) is 4.98 Å². The molecule has 4 heterocycles. The van der Waals surface area contributed by atoms with E-state index in [-0.39, 0.29) is 5.75 Å². The van der Waals surface area contributed by atoms with Gasteiger partial charge >= 0.3 is 6.36 Å². The van der Waals surface area contributed by atoms with E-state index in [2.05, 4.69) is 54.1 Å². The molecule has 3 aromatic heterocycles. The van der Waals surface area contributed by atoms with Crippen LogP contribution in [0.5, 0.6) is 5.75 Å². The van der Waals surface area contributed by atoms with E-state index in [9.17, 15) is 13.2 Å². The second kappa shape index (κ2) is 12.5. The molecule has 1 saturated heterocycles. The van der Waals surface area contributed by atoms with E-state index >= 15 is 0 Å². The summed E-state index contributed by atoms with van der Waals surface area (Å²) in [7, 11) is 2.16. The number of benzene rings is 1. The van der Waals surface area contributed by atoms with Crippen LogP contribution in [-0.4, -0.2) is 74.7 Å². The van der Waals surface area contributed by atoms with Crippen molar-refractivity contribution in [1.29, 1.82) is 0 Å². The minimum atomic E-state index is -4.73. The fraction of sp³-hybridized carbons (Fsp3) is 0.444. The van der Waals surface area contributed by atoms with Crippen LogP contribution >= 0.6 is 11.8 Å². The summed E-state index contributed by atoms with van der Waals surface area (Å²) in [5.74, 6) is 5.25. The number of thioether (sulfide) groups is 1. The Balaban J connectivity index is 1.10. The van der Waals surface area contributed by atoms with Crippen molar-refractivity contribution in [2.75, 3.05) is 44.3 Å². The number of rotatable bonds is 11. The van der Waals surface area contributed by atoms with E-state index in [0.29, 0.717) is 29.5 Å². The van der Waals surface area contributed by atoms with Crippen LogP contribution in [0.4, 0.5) is 24.7 Å². The van der Waals surface area contributed by atoms with Gasteiger partial charge in [-0.05, 0) is 62.5 Å². The molecule has 40 heavy (non-hydrogen) atoms. The zero-order valence-electron chi connectivity index (χ0n) is 22.4. The van der Waals surface area contributed by atoms with Crippen LogP contribution in [0.1, 0.15) is 29.5 Å². The lowest BCUT2D eigenvalue weighted by Crippen LogP contribution is -2.43. The van der Waals surface area contributed by atoms with Gasteiger partial charge in [-0.2, -0.15) is 21.3 Å². The Hall–Kier alpha value is -3.29. The van der Waals surface area contributed by atoms with E-state index in [0.717, 1.165) is 67.9 Å². The Morgan fingerprint density at radius 1 is 1.02 bits per heavy atom. The summed E-state index contributed by atoms with van der Waals surface area (Å²) in [6.45, 7) is 7.03. The zero-order chi connectivity index (χ0) is 28.1. The summed E-state index contributed by atoms with van der Waals surface area (Å²) in [4.78, 5) is 13.8. The molecule has 9 nitrogen and oxygen atoms in total. The number of aromatic nitrogens is 4. The van der Waals surface area contributed by atoms with Gasteiger partial charge in [0.05, 0.1) is 12.3 Å². The number of piperazine rings is 1. The lowest BCUT2D eigenvalue weighted by Gasteiger charge is -2.31. The van der Waals surface area contributed by atoms with Gasteiger partial charge in [-0.15, -0.1) is 18.3 Å². The molecule has 1 aromatic carbocycles. The summed E-state index contributed by atoms with van der Waals surface area (Å²) in [5.41, 5.74) is 1.33. The quantitative estimate of drug-likeness (QED) is 0.240. The number of nitrogens with one attached hydrogen (secondary N) is 1. The van der Waals surface area contributed by atoms with Crippen LogP contribution < -0.4 is 10.1 Å². The standard InChI is InChI=1S/C27H32F3N7O2S/c1-19-16-25(32-20-5-7-21(8-6-20)39-27(28,29)30)37-26(31-19)33-24(34-37)4-3-15-40-18-23-10-9-22(38-23)17-36-13-11-35(2)12-14-36/h5-10,16,32H,3-4,11-15,17-18H2,1-2H3. The van der Waals surface area contributed by atoms with Gasteiger partial charge in [0, 0.05) is 50.0 Å². The number of aryl methyl sites for hydroxylation is 2. The Morgan fingerprint density at radius 2 is 1.77 bits per heavy atom. The first kappa shape index (κ1) is 28.2. The highest BCUT2D eigenvalue weighted by Crippen LogP contribution is 2.26. The number of hydrogen-bond acceptors (Lipinski definition) is 9. The van der Waals surface area contributed by atoms with Crippen molar-refractivity contribution in [2.24, 2.45) is 0 Å². The number of likely N-dealkylation sites (N-methyl/N-ethyl adjacent to an activating group) is 1. The second-order valence-electron chi connectivity index (χ2n) is 9.82. The van der Waals surface area contributed by atoms with Crippen molar-refractivity contribution in [1.82, 2.24) is 29.4 Å². The van der Waals surface area contributed by atoms with Crippen LogP contribution in [0.3, 0.4) is 0 Å². The molecule has 0 unspecified atom stereocenters. The minimum Gasteiger partial charge on any atom is -0.464 e. The topological polar surface area (TPSA) is 84.0 Å². The molecule has 0 saturated carbocycles. The molecule has 214 valence electrons. The molecule has 0 aliphatic carbocycles. The number of fused-ring (bicyclic) bond motifs is 1. The number of furan rings is 1. The molecule has 0 bridgehead atoms. The van der Waals surface area contributed by atoms with Crippen LogP contribution in [0.2, 0.25) is 0 Å². The smallest absolute Gasteiger partial charge is 0.464 e. The Morgan fingerprint density at radius 3 is 2.52 bits per heavy atom. The average Bonchev–Trinajstić information content (AvgIpc) is 3.52. The van der Waals surface area contributed by atoms with Crippen molar-refractivity contribution in [2.45, 2.75) is 38.4 Å². The van der Waals surface area contributed by atoms with Gasteiger partial charge in [0.2, 0.25) is 0 Å². The first-order chi connectivity index (χ1) is 19.2. The van der Waals surface area contributed by atoms with Crippen molar-refractivity contribution >= 4 is 29.0 Å². The van der Waals surface area contributed by atoms with Gasteiger partial charge in [0.25, 0.3) is 5.78 Å². The maximum Gasteiger partial charge on any atom is 0.573 e. The third kappa shape index (κ3) is 7.89. The average molecular weight is 576 g/mol. The predicted molar refractivity (Wildman–Crippen MR) is 148 cm³/mol. The molecule has 1 N–H and O–H groups in total. The number of nitrogens with zero attached hydrogens (tertiary/aromatic N) is 6. The molecule has 0 amide bonds. The molecule has 0 spiro atoms. The van der Waals surface area contributed by atoms with Crippen LogP contribution in [0.15, 0.2) is 46.9 Å². The predicted octanol–water partition coefficient (Wildman–Crippen LogP) is 5.28. The Kier molecular flexibility index (Phi) is 8.81. The maximum absolute atomic E-state index is 12.4. The maximum atomic E-state index is 12.4. The van der Waals surface area contributed by atoms with Crippen molar-refractivity contribution in [3.8, 4) is 5.75 Å². The molecule has 4 aromatic rings. The molecule has 1 aliphatic rings. The molecule has 5 rings (SSSR count). The van der Waals surface area contributed by atoms with Crippen LogP contribution in [0, 0.1) is 6.92 Å². The first-order valence-electron chi connectivity index (χ1n) is 13.1. The molecular weight excluding hydrogens is 543 g/mol. The summed E-state index contributed by atoms with van der Waals surface area (Å²) in [6.07, 6.45) is -3.13. The highest BCUT2D eigenvalue weighted by Gasteiger charge is 2.31. The largest absolute Gasteiger partial charge is 0.573 e. The summed E-state index contributed by atoms with van der Waals surface area (Å²) < 4.78 is 48.9. The van der Waals surface area contributed by atoms with E-state index in [1.807, 2.05) is 24.8 Å². The number of halogens is 3. The first-order valence-corrected chi connectivity index (χ1v) is 14.3. The highest BCUT2D eigenvalue weighted by molar-refractivity contribution is 7.98. The Labute approximate surface area is 234 Å². The van der Waals surface area contributed by atoms with E-state index in [1.165, 1.54) is 24.3 Å². The van der Waals surface area contributed by atoms with Gasteiger partial charge in [0.15, 0.2) is 5.82 Å². The SMILES string of the molecule is Cc1cc(Nc2ccc(OC(F)(F)F)cc2)n2nc(CCCSCc3ccc(CN4CCN(C)CC4)o3)nc2n1.